The van der Waals surface area contributed by atoms with E-state index in [0.717, 1.165) is 13.1 Å². The third-order valence-electron chi connectivity index (χ3n) is 3.64. The van der Waals surface area contributed by atoms with Gasteiger partial charge in [-0.1, -0.05) is 29.6 Å². The first-order valence-corrected chi connectivity index (χ1v) is 7.67. The van der Waals surface area contributed by atoms with E-state index in [4.69, 9.17) is 23.2 Å². The second-order valence-electron chi connectivity index (χ2n) is 5.14. The number of amides is 1. The Kier molecular flexibility index (Phi) is 5.64. The van der Waals surface area contributed by atoms with Gasteiger partial charge in [-0.05, 0) is 38.9 Å². The van der Waals surface area contributed by atoms with Crippen LogP contribution in [0.25, 0.3) is 0 Å². The van der Waals surface area contributed by atoms with Crippen molar-refractivity contribution in [1.82, 2.24) is 15.2 Å². The Bertz CT molecular complexity index is 475. The van der Waals surface area contributed by atoms with Crippen molar-refractivity contribution in [1.29, 1.82) is 0 Å². The number of hydrogen-bond donors (Lipinski definition) is 1. The lowest BCUT2D eigenvalue weighted by Crippen LogP contribution is -2.44. The molecule has 110 valence electrons. The molecular formula is C14H19Cl2N3O. The zero-order valence-corrected chi connectivity index (χ0v) is 13.0. The van der Waals surface area contributed by atoms with Crippen LogP contribution in [0, 0.1) is 0 Å². The standard InChI is InChI=1S/C14H19Cl2N3O/c1-10(19-5-3-2-4-6-19)8-18-14(20)11-7-13(16)17-9-12(11)15/h7,9-10H,2-6,8H2,1H3,(H,18,20). The molecule has 1 aromatic rings. The molecule has 1 aliphatic heterocycles. The van der Waals surface area contributed by atoms with Gasteiger partial charge in [0.25, 0.3) is 5.91 Å². The first kappa shape index (κ1) is 15.5. The molecule has 1 amide bonds. The maximum atomic E-state index is 12.1. The molecule has 1 N–H and O–H groups in total. The summed E-state index contributed by atoms with van der Waals surface area (Å²) < 4.78 is 0. The summed E-state index contributed by atoms with van der Waals surface area (Å²) in [6.45, 7) is 4.96. The molecule has 1 saturated heterocycles. The molecule has 2 rings (SSSR count). The first-order valence-electron chi connectivity index (χ1n) is 6.91. The van der Waals surface area contributed by atoms with Crippen LogP contribution >= 0.6 is 23.2 Å². The summed E-state index contributed by atoms with van der Waals surface area (Å²) in [5.74, 6) is -0.205. The highest BCUT2D eigenvalue weighted by molar-refractivity contribution is 6.35. The Morgan fingerprint density at radius 2 is 2.10 bits per heavy atom. The minimum atomic E-state index is -0.205. The van der Waals surface area contributed by atoms with Crippen LogP contribution in [-0.4, -0.2) is 41.5 Å². The number of halogens is 2. The Morgan fingerprint density at radius 1 is 1.40 bits per heavy atom. The molecule has 20 heavy (non-hydrogen) atoms. The normalized spacial score (nSPS) is 17.8. The topological polar surface area (TPSA) is 45.2 Å². The van der Waals surface area contributed by atoms with Crippen molar-refractivity contribution in [2.75, 3.05) is 19.6 Å². The van der Waals surface area contributed by atoms with Crippen LogP contribution in [0.3, 0.4) is 0 Å². The number of nitrogens with one attached hydrogen (secondary N) is 1. The van der Waals surface area contributed by atoms with Crippen molar-refractivity contribution < 1.29 is 4.79 Å². The van der Waals surface area contributed by atoms with E-state index >= 15 is 0 Å². The highest BCUT2D eigenvalue weighted by Gasteiger charge is 2.18. The summed E-state index contributed by atoms with van der Waals surface area (Å²) in [6.07, 6.45) is 5.18. The van der Waals surface area contributed by atoms with Crippen molar-refractivity contribution in [3.05, 3.63) is 28.0 Å². The summed E-state index contributed by atoms with van der Waals surface area (Å²) in [5, 5.41) is 3.50. The number of pyridine rings is 1. The predicted molar refractivity (Wildman–Crippen MR) is 81.5 cm³/mol. The second-order valence-corrected chi connectivity index (χ2v) is 5.94. The summed E-state index contributed by atoms with van der Waals surface area (Å²) in [4.78, 5) is 18.3. The zero-order valence-electron chi connectivity index (χ0n) is 11.5. The molecule has 0 saturated carbocycles. The average Bonchev–Trinajstić information content (AvgIpc) is 2.47. The molecule has 4 nitrogen and oxygen atoms in total. The van der Waals surface area contributed by atoms with E-state index in [2.05, 4.69) is 22.1 Å². The average molecular weight is 316 g/mol. The van der Waals surface area contributed by atoms with Gasteiger partial charge in [0.05, 0.1) is 10.6 Å². The minimum Gasteiger partial charge on any atom is -0.350 e. The van der Waals surface area contributed by atoms with E-state index < -0.39 is 0 Å². The zero-order chi connectivity index (χ0) is 14.5. The SMILES string of the molecule is CC(CNC(=O)c1cc(Cl)ncc1Cl)N1CCCCC1. The van der Waals surface area contributed by atoms with Crippen LogP contribution in [0.4, 0.5) is 0 Å². The Labute approximate surface area is 129 Å². The molecule has 1 aliphatic rings. The van der Waals surface area contributed by atoms with Crippen molar-refractivity contribution >= 4 is 29.1 Å². The predicted octanol–water partition coefficient (Wildman–Crippen LogP) is 2.99. The van der Waals surface area contributed by atoms with E-state index in [9.17, 15) is 4.79 Å². The van der Waals surface area contributed by atoms with E-state index in [0.29, 0.717) is 23.2 Å². The highest BCUT2D eigenvalue weighted by Crippen LogP contribution is 2.18. The lowest BCUT2D eigenvalue weighted by molar-refractivity contribution is 0.0930. The van der Waals surface area contributed by atoms with Crippen LogP contribution in [0.5, 0.6) is 0 Å². The van der Waals surface area contributed by atoms with Gasteiger partial charge in [0, 0.05) is 18.8 Å². The monoisotopic (exact) mass is 315 g/mol. The number of rotatable bonds is 4. The smallest absolute Gasteiger partial charge is 0.253 e. The van der Waals surface area contributed by atoms with Crippen molar-refractivity contribution in [2.24, 2.45) is 0 Å². The lowest BCUT2D eigenvalue weighted by Gasteiger charge is -2.32. The van der Waals surface area contributed by atoms with Gasteiger partial charge in [0.15, 0.2) is 0 Å². The van der Waals surface area contributed by atoms with Crippen LogP contribution in [0.2, 0.25) is 10.2 Å². The van der Waals surface area contributed by atoms with Gasteiger partial charge in [-0.25, -0.2) is 4.98 Å². The van der Waals surface area contributed by atoms with Crippen LogP contribution in [0.15, 0.2) is 12.3 Å². The van der Waals surface area contributed by atoms with Crippen molar-refractivity contribution in [3.8, 4) is 0 Å². The second kappa shape index (κ2) is 7.25. The summed E-state index contributed by atoms with van der Waals surface area (Å²) in [7, 11) is 0. The van der Waals surface area contributed by atoms with E-state index in [1.165, 1.54) is 31.5 Å². The number of piperidine rings is 1. The largest absolute Gasteiger partial charge is 0.350 e. The van der Waals surface area contributed by atoms with E-state index in [1.807, 2.05) is 0 Å². The fourth-order valence-electron chi connectivity index (χ4n) is 2.41. The number of carbonyl (C=O) groups excluding carboxylic acids is 1. The van der Waals surface area contributed by atoms with Gasteiger partial charge in [-0.15, -0.1) is 0 Å². The van der Waals surface area contributed by atoms with Crippen LogP contribution < -0.4 is 5.32 Å². The van der Waals surface area contributed by atoms with Gasteiger partial charge < -0.3 is 5.32 Å². The molecule has 0 aromatic carbocycles. The van der Waals surface area contributed by atoms with E-state index in [-0.39, 0.29) is 11.1 Å². The van der Waals surface area contributed by atoms with Gasteiger partial charge in [0.2, 0.25) is 0 Å². The van der Waals surface area contributed by atoms with Crippen molar-refractivity contribution in [3.63, 3.8) is 0 Å². The molecule has 1 fully saturated rings. The Hall–Kier alpha value is -0.840. The Balaban J connectivity index is 1.89. The fraction of sp³-hybridized carbons (Fsp3) is 0.571. The number of likely N-dealkylation sites (tertiary alicyclic amines) is 1. The third kappa shape index (κ3) is 4.08. The molecule has 1 atom stereocenters. The maximum absolute atomic E-state index is 12.1. The summed E-state index contributed by atoms with van der Waals surface area (Å²) in [5.41, 5.74) is 0.373. The molecule has 0 spiro atoms. The van der Waals surface area contributed by atoms with Gasteiger partial charge >= 0.3 is 0 Å². The van der Waals surface area contributed by atoms with E-state index in [1.54, 1.807) is 0 Å². The number of hydrogen-bond acceptors (Lipinski definition) is 3. The summed E-state index contributed by atoms with van der Waals surface area (Å²) in [6, 6.07) is 1.82. The van der Waals surface area contributed by atoms with Gasteiger partial charge in [-0.3, -0.25) is 9.69 Å². The number of nitrogens with zero attached hydrogens (tertiary/aromatic N) is 2. The Morgan fingerprint density at radius 3 is 2.80 bits per heavy atom. The van der Waals surface area contributed by atoms with Crippen molar-refractivity contribution in [2.45, 2.75) is 32.2 Å². The molecule has 2 heterocycles. The quantitative estimate of drug-likeness (QED) is 0.869. The molecule has 6 heteroatoms. The molecule has 0 radical (unpaired) electrons. The molecule has 1 aromatic heterocycles. The summed E-state index contributed by atoms with van der Waals surface area (Å²) >= 11 is 11.8. The molecule has 1 unspecified atom stereocenters. The molecule has 0 aliphatic carbocycles. The molecular weight excluding hydrogens is 297 g/mol. The number of carbonyl (C=O) groups is 1. The van der Waals surface area contributed by atoms with Gasteiger partial charge in [0.1, 0.15) is 5.15 Å². The third-order valence-corrected chi connectivity index (χ3v) is 4.15. The molecule has 0 bridgehead atoms. The van der Waals surface area contributed by atoms with Gasteiger partial charge in [-0.2, -0.15) is 0 Å². The highest BCUT2D eigenvalue weighted by atomic mass is 35.5. The first-order chi connectivity index (χ1) is 9.58. The van der Waals surface area contributed by atoms with Crippen LogP contribution in [-0.2, 0) is 0 Å². The maximum Gasteiger partial charge on any atom is 0.253 e. The number of aromatic nitrogens is 1. The lowest BCUT2D eigenvalue weighted by atomic mass is 10.1. The fourth-order valence-corrected chi connectivity index (χ4v) is 2.76. The minimum absolute atomic E-state index is 0.205. The van der Waals surface area contributed by atoms with Crippen LogP contribution in [0.1, 0.15) is 36.5 Å².